The summed E-state index contributed by atoms with van der Waals surface area (Å²) in [5, 5.41) is 13.3. The SMILES string of the molecule is CCc1cc(C(=O)N2CSCC2C(=O)O)n(C)n1. The molecule has 1 saturated heterocycles. The number of amides is 1. The zero-order valence-corrected chi connectivity index (χ0v) is 11.1. The molecule has 18 heavy (non-hydrogen) atoms. The summed E-state index contributed by atoms with van der Waals surface area (Å²) in [4.78, 5) is 24.8. The Kier molecular flexibility index (Phi) is 3.60. The van der Waals surface area contributed by atoms with Crippen molar-refractivity contribution in [2.45, 2.75) is 19.4 Å². The van der Waals surface area contributed by atoms with Gasteiger partial charge in [0.05, 0.1) is 11.6 Å². The van der Waals surface area contributed by atoms with Gasteiger partial charge in [0.1, 0.15) is 11.7 Å². The molecule has 1 aliphatic rings. The van der Waals surface area contributed by atoms with Crippen LogP contribution in [0, 0.1) is 0 Å². The maximum Gasteiger partial charge on any atom is 0.327 e. The summed E-state index contributed by atoms with van der Waals surface area (Å²) in [6.45, 7) is 1.96. The first-order valence-electron chi connectivity index (χ1n) is 5.69. The van der Waals surface area contributed by atoms with Gasteiger partial charge in [-0.1, -0.05) is 6.92 Å². The van der Waals surface area contributed by atoms with Crippen molar-refractivity contribution in [3.05, 3.63) is 17.5 Å². The fourth-order valence-electron chi connectivity index (χ4n) is 1.89. The number of hydrogen-bond donors (Lipinski definition) is 1. The Morgan fingerprint density at radius 2 is 2.33 bits per heavy atom. The third kappa shape index (κ3) is 2.22. The lowest BCUT2D eigenvalue weighted by Gasteiger charge is -2.20. The molecule has 1 aromatic heterocycles. The molecule has 1 fully saturated rings. The third-order valence-electron chi connectivity index (χ3n) is 2.94. The van der Waals surface area contributed by atoms with Crippen molar-refractivity contribution in [2.75, 3.05) is 11.6 Å². The largest absolute Gasteiger partial charge is 0.480 e. The van der Waals surface area contributed by atoms with Crippen LogP contribution in [0.5, 0.6) is 0 Å². The molecule has 0 radical (unpaired) electrons. The number of aromatic nitrogens is 2. The Bertz CT molecular complexity index is 486. The third-order valence-corrected chi connectivity index (χ3v) is 3.95. The van der Waals surface area contributed by atoms with Gasteiger partial charge in [-0.25, -0.2) is 4.79 Å². The Labute approximate surface area is 109 Å². The van der Waals surface area contributed by atoms with Gasteiger partial charge in [0.25, 0.3) is 5.91 Å². The Morgan fingerprint density at radius 1 is 1.61 bits per heavy atom. The molecule has 1 amide bonds. The highest BCUT2D eigenvalue weighted by Crippen LogP contribution is 2.23. The topological polar surface area (TPSA) is 75.4 Å². The Hall–Kier alpha value is -1.50. The minimum Gasteiger partial charge on any atom is -0.480 e. The van der Waals surface area contributed by atoms with Crippen molar-refractivity contribution in [3.63, 3.8) is 0 Å². The molecule has 0 spiro atoms. The Morgan fingerprint density at radius 3 is 2.89 bits per heavy atom. The molecule has 1 N–H and O–H groups in total. The van der Waals surface area contributed by atoms with Crippen LogP contribution in [0.1, 0.15) is 23.1 Å². The Balaban J connectivity index is 2.25. The van der Waals surface area contributed by atoms with Gasteiger partial charge in [0, 0.05) is 12.8 Å². The van der Waals surface area contributed by atoms with Gasteiger partial charge >= 0.3 is 5.97 Å². The van der Waals surface area contributed by atoms with E-state index in [1.165, 1.54) is 21.3 Å². The molecule has 2 rings (SSSR count). The minimum absolute atomic E-state index is 0.262. The second-order valence-electron chi connectivity index (χ2n) is 4.13. The average molecular weight is 269 g/mol. The number of carboxylic acids is 1. The van der Waals surface area contributed by atoms with Crippen LogP contribution in [0.25, 0.3) is 0 Å². The van der Waals surface area contributed by atoms with Gasteiger partial charge in [0.2, 0.25) is 0 Å². The lowest BCUT2D eigenvalue weighted by atomic mass is 10.2. The molecule has 6 nitrogen and oxygen atoms in total. The van der Waals surface area contributed by atoms with E-state index >= 15 is 0 Å². The van der Waals surface area contributed by atoms with E-state index in [1.54, 1.807) is 13.1 Å². The van der Waals surface area contributed by atoms with Crippen molar-refractivity contribution < 1.29 is 14.7 Å². The van der Waals surface area contributed by atoms with Crippen molar-refractivity contribution in [1.82, 2.24) is 14.7 Å². The molecular weight excluding hydrogens is 254 g/mol. The highest BCUT2D eigenvalue weighted by atomic mass is 32.2. The highest BCUT2D eigenvalue weighted by molar-refractivity contribution is 7.99. The molecule has 0 bridgehead atoms. The highest BCUT2D eigenvalue weighted by Gasteiger charge is 2.36. The van der Waals surface area contributed by atoms with Crippen LogP contribution in [0.2, 0.25) is 0 Å². The van der Waals surface area contributed by atoms with Crippen LogP contribution in [0.4, 0.5) is 0 Å². The standard InChI is InChI=1S/C11H15N3O3S/c1-3-7-4-8(13(2)12-7)10(15)14-6-18-5-9(14)11(16)17/h4,9H,3,5-6H2,1-2H3,(H,16,17). The number of aliphatic carboxylic acids is 1. The van der Waals surface area contributed by atoms with E-state index < -0.39 is 12.0 Å². The minimum atomic E-state index is -0.953. The summed E-state index contributed by atoms with van der Waals surface area (Å²) in [7, 11) is 1.70. The second kappa shape index (κ2) is 5.01. The summed E-state index contributed by atoms with van der Waals surface area (Å²) in [6, 6.07) is 0.993. The van der Waals surface area contributed by atoms with Gasteiger partial charge in [0.15, 0.2) is 0 Å². The van der Waals surface area contributed by atoms with Crippen LogP contribution in [0.3, 0.4) is 0 Å². The second-order valence-corrected chi connectivity index (χ2v) is 5.13. The van der Waals surface area contributed by atoms with E-state index in [0.717, 1.165) is 12.1 Å². The molecule has 1 aliphatic heterocycles. The maximum absolute atomic E-state index is 12.3. The summed E-state index contributed by atoms with van der Waals surface area (Å²) in [6.07, 6.45) is 0.748. The number of carbonyl (C=O) groups is 2. The lowest BCUT2D eigenvalue weighted by molar-refractivity contribution is -0.140. The quantitative estimate of drug-likeness (QED) is 0.869. The number of carboxylic acid groups (broad SMARTS) is 1. The fraction of sp³-hybridized carbons (Fsp3) is 0.545. The molecule has 98 valence electrons. The number of rotatable bonds is 3. The van der Waals surface area contributed by atoms with Crippen LogP contribution in [-0.2, 0) is 18.3 Å². The molecule has 0 aromatic carbocycles. The number of thioether (sulfide) groups is 1. The summed E-state index contributed by atoms with van der Waals surface area (Å²) in [5.74, 6) is -0.351. The van der Waals surface area contributed by atoms with Crippen LogP contribution < -0.4 is 0 Å². The van der Waals surface area contributed by atoms with E-state index in [1.807, 2.05) is 6.92 Å². The first-order chi connectivity index (χ1) is 8.54. The maximum atomic E-state index is 12.3. The van der Waals surface area contributed by atoms with Gasteiger partial charge in [-0.05, 0) is 12.5 Å². The summed E-state index contributed by atoms with van der Waals surface area (Å²) < 4.78 is 1.52. The summed E-state index contributed by atoms with van der Waals surface area (Å²) >= 11 is 1.45. The average Bonchev–Trinajstić information content (AvgIpc) is 2.94. The zero-order valence-electron chi connectivity index (χ0n) is 10.3. The van der Waals surface area contributed by atoms with Crippen LogP contribution >= 0.6 is 11.8 Å². The molecule has 0 saturated carbocycles. The molecule has 7 heteroatoms. The normalized spacial score (nSPS) is 19.2. The molecular formula is C11H15N3O3S. The van der Waals surface area contributed by atoms with E-state index in [-0.39, 0.29) is 5.91 Å². The lowest BCUT2D eigenvalue weighted by Crippen LogP contribution is -2.42. The van der Waals surface area contributed by atoms with Gasteiger partial charge in [-0.2, -0.15) is 5.10 Å². The molecule has 0 aliphatic carbocycles. The number of hydrogen-bond acceptors (Lipinski definition) is 4. The molecule has 1 unspecified atom stereocenters. The predicted molar refractivity (Wildman–Crippen MR) is 67.5 cm³/mol. The van der Waals surface area contributed by atoms with Crippen molar-refractivity contribution in [2.24, 2.45) is 7.05 Å². The van der Waals surface area contributed by atoms with Gasteiger partial charge in [-0.3, -0.25) is 9.48 Å². The van der Waals surface area contributed by atoms with E-state index in [9.17, 15) is 9.59 Å². The number of aryl methyl sites for hydroxylation is 2. The molecule has 1 atom stereocenters. The monoisotopic (exact) mass is 269 g/mol. The fourth-order valence-corrected chi connectivity index (χ4v) is 3.04. The van der Waals surface area contributed by atoms with Crippen molar-refractivity contribution >= 4 is 23.6 Å². The number of carbonyl (C=O) groups excluding carboxylic acids is 1. The van der Waals surface area contributed by atoms with Crippen LogP contribution in [-0.4, -0.2) is 49.3 Å². The van der Waals surface area contributed by atoms with E-state index in [4.69, 9.17) is 5.11 Å². The summed E-state index contributed by atoms with van der Waals surface area (Å²) in [5.41, 5.74) is 1.28. The molecule has 1 aromatic rings. The van der Waals surface area contributed by atoms with E-state index in [0.29, 0.717) is 17.3 Å². The number of nitrogens with zero attached hydrogens (tertiary/aromatic N) is 3. The van der Waals surface area contributed by atoms with Crippen molar-refractivity contribution in [3.8, 4) is 0 Å². The first-order valence-corrected chi connectivity index (χ1v) is 6.84. The zero-order chi connectivity index (χ0) is 13.3. The first kappa shape index (κ1) is 12.9. The smallest absolute Gasteiger partial charge is 0.327 e. The van der Waals surface area contributed by atoms with Gasteiger partial charge < -0.3 is 10.0 Å². The van der Waals surface area contributed by atoms with E-state index in [2.05, 4.69) is 5.10 Å². The van der Waals surface area contributed by atoms with Crippen LogP contribution in [0.15, 0.2) is 6.07 Å². The van der Waals surface area contributed by atoms with Crippen molar-refractivity contribution in [1.29, 1.82) is 0 Å². The molecule has 2 heterocycles. The van der Waals surface area contributed by atoms with Gasteiger partial charge in [-0.15, -0.1) is 11.8 Å². The predicted octanol–water partition coefficient (Wildman–Crippen LogP) is 0.582.